The van der Waals surface area contributed by atoms with Gasteiger partial charge in [0, 0.05) is 18.7 Å². The number of aromatic nitrogens is 2. The summed E-state index contributed by atoms with van der Waals surface area (Å²) in [5, 5.41) is 8.95. The maximum Gasteiger partial charge on any atom is 0.214 e. The average Bonchev–Trinajstić information content (AvgIpc) is 1.85. The van der Waals surface area contributed by atoms with Gasteiger partial charge >= 0.3 is 0 Å². The summed E-state index contributed by atoms with van der Waals surface area (Å²) >= 11 is 0. The lowest BCUT2D eigenvalue weighted by molar-refractivity contribution is 0.447. The van der Waals surface area contributed by atoms with Gasteiger partial charge in [-0.1, -0.05) is 13.8 Å². The number of nitrogens with zero attached hydrogens (tertiary/aromatic N) is 2. The van der Waals surface area contributed by atoms with Crippen LogP contribution in [0.4, 0.5) is 0 Å². The Balaban J connectivity index is 2.71. The molecule has 0 aliphatic heterocycles. The minimum absolute atomic E-state index is 0.0238. The monoisotopic (exact) mass is 151 g/mol. The first kappa shape index (κ1) is 7.98. The Labute approximate surface area is 66.1 Å². The van der Waals surface area contributed by atoms with Crippen LogP contribution in [0.3, 0.4) is 0 Å². The molecule has 1 atom stereocenters. The largest absolute Gasteiger partial charge is 0.493 e. The van der Waals surface area contributed by atoms with Crippen molar-refractivity contribution in [1.29, 1.82) is 0 Å². The number of hydrogen-bond donors (Lipinski definition) is 1. The summed E-state index contributed by atoms with van der Waals surface area (Å²) in [6.07, 6.45) is 2.24. The lowest BCUT2D eigenvalue weighted by Gasteiger charge is -2.01. The van der Waals surface area contributed by atoms with Crippen LogP contribution in [0.25, 0.3) is 0 Å². The zero-order valence-corrected chi connectivity index (χ0v) is 6.49. The van der Waals surface area contributed by atoms with Gasteiger partial charge in [0.15, 0.2) is 0 Å². The van der Waals surface area contributed by atoms with E-state index in [1.165, 1.54) is 6.07 Å². The zero-order chi connectivity index (χ0) is 8.27. The van der Waals surface area contributed by atoms with Crippen LogP contribution in [0.1, 0.15) is 12.7 Å². The van der Waals surface area contributed by atoms with Crippen LogP contribution in [0.15, 0.2) is 12.3 Å². The van der Waals surface area contributed by atoms with Gasteiger partial charge in [-0.15, -0.1) is 0 Å². The quantitative estimate of drug-likeness (QED) is 0.690. The van der Waals surface area contributed by atoms with Crippen molar-refractivity contribution in [2.45, 2.75) is 13.3 Å². The molecule has 0 saturated heterocycles. The molecule has 3 heteroatoms. The first-order chi connectivity index (χ1) is 5.18. The van der Waals surface area contributed by atoms with Crippen molar-refractivity contribution in [1.82, 2.24) is 9.97 Å². The fourth-order valence-corrected chi connectivity index (χ4v) is 0.798. The summed E-state index contributed by atoms with van der Waals surface area (Å²) < 4.78 is 0. The molecule has 0 bridgehead atoms. The first-order valence-corrected chi connectivity index (χ1v) is 3.52. The highest BCUT2D eigenvalue weighted by Crippen LogP contribution is 2.05. The summed E-state index contributed by atoms with van der Waals surface area (Å²) in [5.74, 6) is 0.944. The summed E-state index contributed by atoms with van der Waals surface area (Å²) in [6.45, 7) is 5.78. The van der Waals surface area contributed by atoms with Crippen molar-refractivity contribution < 1.29 is 5.11 Å². The molecule has 1 unspecified atom stereocenters. The van der Waals surface area contributed by atoms with Crippen molar-refractivity contribution >= 4 is 0 Å². The highest BCUT2D eigenvalue weighted by molar-refractivity contribution is 5.06. The topological polar surface area (TPSA) is 46.0 Å². The van der Waals surface area contributed by atoms with E-state index in [0.717, 1.165) is 0 Å². The standard InChI is InChI=1S/C8H11N2O/c1-6(2)5-7-9-4-3-8(11)10-7/h3-4,6H,1,5H2,2H3,(H,9,10,11). The molecule has 0 amide bonds. The Morgan fingerprint density at radius 1 is 1.73 bits per heavy atom. The summed E-state index contributed by atoms with van der Waals surface area (Å²) in [5.41, 5.74) is 0. The highest BCUT2D eigenvalue weighted by atomic mass is 16.3. The van der Waals surface area contributed by atoms with E-state index in [9.17, 15) is 0 Å². The van der Waals surface area contributed by atoms with Crippen LogP contribution in [-0.2, 0) is 6.42 Å². The third kappa shape index (κ3) is 2.53. The smallest absolute Gasteiger partial charge is 0.214 e. The minimum Gasteiger partial charge on any atom is -0.493 e. The van der Waals surface area contributed by atoms with Gasteiger partial charge in [-0.3, -0.25) is 0 Å². The predicted molar refractivity (Wildman–Crippen MR) is 41.9 cm³/mol. The van der Waals surface area contributed by atoms with E-state index in [1.54, 1.807) is 6.20 Å². The molecule has 1 aromatic heterocycles. The molecule has 0 aliphatic rings. The Morgan fingerprint density at radius 2 is 2.45 bits per heavy atom. The van der Waals surface area contributed by atoms with E-state index in [2.05, 4.69) is 16.9 Å². The Bertz CT molecular complexity index is 235. The molecule has 1 radical (unpaired) electrons. The SMILES string of the molecule is [CH2]C(C)Cc1nccc(O)n1. The molecule has 0 aliphatic carbocycles. The van der Waals surface area contributed by atoms with Crippen molar-refractivity contribution in [2.75, 3.05) is 0 Å². The van der Waals surface area contributed by atoms with Gasteiger partial charge in [0.25, 0.3) is 0 Å². The van der Waals surface area contributed by atoms with E-state index in [-0.39, 0.29) is 11.8 Å². The lowest BCUT2D eigenvalue weighted by atomic mass is 10.1. The Kier molecular flexibility index (Phi) is 2.41. The number of hydrogen-bond acceptors (Lipinski definition) is 3. The van der Waals surface area contributed by atoms with Gasteiger partial charge in [-0.25, -0.2) is 4.98 Å². The lowest BCUT2D eigenvalue weighted by Crippen LogP contribution is -1.99. The molecule has 1 rings (SSSR count). The van der Waals surface area contributed by atoms with Crippen molar-refractivity contribution in [3.8, 4) is 5.88 Å². The van der Waals surface area contributed by atoms with E-state index in [0.29, 0.717) is 12.2 Å². The minimum atomic E-state index is 0.0238. The van der Waals surface area contributed by atoms with Crippen LogP contribution >= 0.6 is 0 Å². The molecule has 3 nitrogen and oxygen atoms in total. The summed E-state index contributed by atoms with van der Waals surface area (Å²) in [6, 6.07) is 1.46. The molecule has 11 heavy (non-hydrogen) atoms. The van der Waals surface area contributed by atoms with E-state index < -0.39 is 0 Å². The second-order valence-corrected chi connectivity index (χ2v) is 2.64. The highest BCUT2D eigenvalue weighted by Gasteiger charge is 2.00. The maximum absolute atomic E-state index is 8.95. The van der Waals surface area contributed by atoms with Gasteiger partial charge in [0.1, 0.15) is 5.82 Å². The molecule has 0 aromatic carbocycles. The molecule has 1 heterocycles. The predicted octanol–water partition coefficient (Wildman–Crippen LogP) is 1.19. The fraction of sp³-hybridized carbons (Fsp3) is 0.375. The second kappa shape index (κ2) is 3.32. The van der Waals surface area contributed by atoms with Gasteiger partial charge in [0.05, 0.1) is 0 Å². The fourth-order valence-electron chi connectivity index (χ4n) is 0.798. The van der Waals surface area contributed by atoms with Gasteiger partial charge in [-0.2, -0.15) is 4.98 Å². The summed E-state index contributed by atoms with van der Waals surface area (Å²) in [7, 11) is 0. The first-order valence-electron chi connectivity index (χ1n) is 3.52. The van der Waals surface area contributed by atoms with Crippen molar-refractivity contribution in [3.63, 3.8) is 0 Å². The second-order valence-electron chi connectivity index (χ2n) is 2.64. The molecule has 59 valence electrons. The van der Waals surface area contributed by atoms with Crippen molar-refractivity contribution in [3.05, 3.63) is 25.0 Å². The molecule has 1 aromatic rings. The van der Waals surface area contributed by atoms with Crippen LogP contribution in [0.5, 0.6) is 5.88 Å². The van der Waals surface area contributed by atoms with E-state index in [4.69, 9.17) is 5.11 Å². The average molecular weight is 151 g/mol. The van der Waals surface area contributed by atoms with Crippen LogP contribution in [0.2, 0.25) is 0 Å². The van der Waals surface area contributed by atoms with Crippen LogP contribution in [-0.4, -0.2) is 15.1 Å². The zero-order valence-electron chi connectivity index (χ0n) is 6.49. The number of aromatic hydroxyl groups is 1. The third-order valence-corrected chi connectivity index (χ3v) is 1.22. The molecule has 0 saturated carbocycles. The Morgan fingerprint density at radius 3 is 3.00 bits per heavy atom. The third-order valence-electron chi connectivity index (χ3n) is 1.22. The molecular weight excluding hydrogens is 140 g/mol. The van der Waals surface area contributed by atoms with Crippen molar-refractivity contribution in [2.24, 2.45) is 5.92 Å². The number of rotatable bonds is 2. The van der Waals surface area contributed by atoms with Crippen LogP contribution in [0, 0.1) is 12.8 Å². The Hall–Kier alpha value is -1.12. The van der Waals surface area contributed by atoms with Gasteiger partial charge < -0.3 is 5.11 Å². The van der Waals surface area contributed by atoms with E-state index in [1.807, 2.05) is 6.92 Å². The van der Waals surface area contributed by atoms with Crippen LogP contribution < -0.4 is 0 Å². The van der Waals surface area contributed by atoms with Gasteiger partial charge in [0.2, 0.25) is 5.88 Å². The summed E-state index contributed by atoms with van der Waals surface area (Å²) in [4.78, 5) is 7.79. The maximum atomic E-state index is 8.95. The van der Waals surface area contributed by atoms with E-state index >= 15 is 0 Å². The molecular formula is C8H11N2O. The normalized spacial score (nSPS) is 10.5. The van der Waals surface area contributed by atoms with Gasteiger partial charge in [-0.05, 0) is 5.92 Å². The molecule has 0 fully saturated rings. The molecule has 0 spiro atoms. The molecule has 1 N–H and O–H groups in total.